The monoisotopic (exact) mass is 279 g/mol. The van der Waals surface area contributed by atoms with Gasteiger partial charge in [-0.05, 0) is 50.9 Å². The number of unbranched alkanes of at least 4 members (excludes halogenated alkanes) is 1. The van der Waals surface area contributed by atoms with E-state index in [1.807, 2.05) is 19.2 Å². The number of aryl methyl sites for hydroxylation is 1. The Bertz CT molecular complexity index is 337. The summed E-state index contributed by atoms with van der Waals surface area (Å²) in [5.41, 5.74) is 1.36. The van der Waals surface area contributed by atoms with Crippen LogP contribution in [0.5, 0.6) is 5.75 Å². The molecule has 1 unspecified atom stereocenters. The van der Waals surface area contributed by atoms with Crippen LogP contribution in [0.3, 0.4) is 0 Å². The minimum atomic E-state index is 0.561. The first kappa shape index (κ1) is 17.0. The van der Waals surface area contributed by atoms with E-state index in [1.165, 1.54) is 12.0 Å². The van der Waals surface area contributed by atoms with Crippen molar-refractivity contribution in [2.45, 2.75) is 45.6 Å². The maximum Gasteiger partial charge on any atom is 0.119 e. The molecule has 3 heteroatoms. The van der Waals surface area contributed by atoms with Gasteiger partial charge in [0.2, 0.25) is 0 Å². The molecule has 0 spiro atoms. The number of hydrogen-bond acceptors (Lipinski definition) is 3. The van der Waals surface area contributed by atoms with Crippen LogP contribution in [-0.4, -0.2) is 32.9 Å². The van der Waals surface area contributed by atoms with Crippen LogP contribution in [0.25, 0.3) is 0 Å². The largest absolute Gasteiger partial charge is 0.491 e. The summed E-state index contributed by atoms with van der Waals surface area (Å²) in [6, 6.07) is 8.95. The molecule has 1 aromatic rings. The molecule has 3 nitrogen and oxygen atoms in total. The highest BCUT2D eigenvalue weighted by atomic mass is 16.5. The Balaban J connectivity index is 2.18. The van der Waals surface area contributed by atoms with Crippen LogP contribution in [0.4, 0.5) is 0 Å². The molecule has 1 rings (SSSR count). The highest BCUT2D eigenvalue weighted by molar-refractivity contribution is 5.27. The van der Waals surface area contributed by atoms with Gasteiger partial charge in [0.05, 0.1) is 6.61 Å². The summed E-state index contributed by atoms with van der Waals surface area (Å²) < 4.78 is 11.1. The van der Waals surface area contributed by atoms with Gasteiger partial charge in [-0.1, -0.05) is 25.5 Å². The fourth-order valence-electron chi connectivity index (χ4n) is 1.85. The Labute approximate surface area is 123 Å². The number of hydrogen-bond donors (Lipinski definition) is 1. The average Bonchev–Trinajstić information content (AvgIpc) is 2.49. The summed E-state index contributed by atoms with van der Waals surface area (Å²) >= 11 is 0. The average molecular weight is 279 g/mol. The molecule has 0 aliphatic carbocycles. The number of benzene rings is 1. The molecule has 0 radical (unpaired) electrons. The molecule has 1 N–H and O–H groups in total. The summed E-state index contributed by atoms with van der Waals surface area (Å²) in [5.74, 6) is 0.925. The Morgan fingerprint density at radius 3 is 2.50 bits per heavy atom. The van der Waals surface area contributed by atoms with Crippen molar-refractivity contribution < 1.29 is 9.47 Å². The van der Waals surface area contributed by atoms with Crippen LogP contribution in [0.1, 0.15) is 38.7 Å². The molecular weight excluding hydrogens is 250 g/mol. The van der Waals surface area contributed by atoms with E-state index in [4.69, 9.17) is 9.47 Å². The van der Waals surface area contributed by atoms with E-state index in [9.17, 15) is 0 Å². The van der Waals surface area contributed by atoms with Gasteiger partial charge in [0, 0.05) is 12.6 Å². The molecule has 0 aliphatic heterocycles. The quantitative estimate of drug-likeness (QED) is 0.630. The molecule has 1 atom stereocenters. The predicted octanol–water partition coefficient (Wildman–Crippen LogP) is 3.42. The van der Waals surface area contributed by atoms with Gasteiger partial charge in [-0.2, -0.15) is 0 Å². The number of nitrogens with one attached hydrogen (secondary N) is 1. The second-order valence-electron chi connectivity index (χ2n) is 5.19. The van der Waals surface area contributed by atoms with Gasteiger partial charge < -0.3 is 14.8 Å². The second-order valence-corrected chi connectivity index (χ2v) is 5.19. The zero-order valence-corrected chi connectivity index (χ0v) is 13.2. The minimum Gasteiger partial charge on any atom is -0.491 e. The summed E-state index contributed by atoms with van der Waals surface area (Å²) in [6.45, 7) is 6.50. The van der Waals surface area contributed by atoms with E-state index < -0.39 is 0 Å². The molecule has 0 bridgehead atoms. The third kappa shape index (κ3) is 7.51. The normalized spacial score (nSPS) is 12.3. The standard InChI is InChI=1S/C17H29NO2/c1-4-5-12-19-13-14-20-17-10-8-16(9-11-17)7-6-15(2)18-3/h8-11,15,18H,4-7,12-14H2,1-3H3. The van der Waals surface area contributed by atoms with Gasteiger partial charge in [-0.15, -0.1) is 0 Å². The van der Waals surface area contributed by atoms with Gasteiger partial charge in [-0.3, -0.25) is 0 Å². The van der Waals surface area contributed by atoms with E-state index in [2.05, 4.69) is 31.3 Å². The number of ether oxygens (including phenoxy) is 2. The lowest BCUT2D eigenvalue weighted by molar-refractivity contribution is 0.0980. The van der Waals surface area contributed by atoms with E-state index in [1.54, 1.807) is 0 Å². The first-order valence-corrected chi connectivity index (χ1v) is 7.73. The van der Waals surface area contributed by atoms with Crippen molar-refractivity contribution in [1.82, 2.24) is 5.32 Å². The molecule has 20 heavy (non-hydrogen) atoms. The van der Waals surface area contributed by atoms with Gasteiger partial charge in [0.15, 0.2) is 0 Å². The predicted molar refractivity (Wildman–Crippen MR) is 84.5 cm³/mol. The van der Waals surface area contributed by atoms with Crippen LogP contribution in [0.15, 0.2) is 24.3 Å². The highest BCUT2D eigenvalue weighted by Crippen LogP contribution is 2.13. The van der Waals surface area contributed by atoms with Gasteiger partial charge in [0.1, 0.15) is 12.4 Å². The summed E-state index contributed by atoms with van der Waals surface area (Å²) in [6.07, 6.45) is 4.55. The molecule has 1 aromatic carbocycles. The molecule has 0 saturated carbocycles. The Kier molecular flexibility index (Phi) is 9.09. The molecule has 0 aliphatic rings. The molecule has 0 aromatic heterocycles. The van der Waals surface area contributed by atoms with E-state index >= 15 is 0 Å². The van der Waals surface area contributed by atoms with E-state index in [0.29, 0.717) is 19.3 Å². The van der Waals surface area contributed by atoms with Crippen LogP contribution in [0.2, 0.25) is 0 Å². The first-order valence-electron chi connectivity index (χ1n) is 7.73. The van der Waals surface area contributed by atoms with Crippen molar-refractivity contribution in [3.63, 3.8) is 0 Å². The fraction of sp³-hybridized carbons (Fsp3) is 0.647. The van der Waals surface area contributed by atoms with Crippen molar-refractivity contribution in [3.05, 3.63) is 29.8 Å². The summed E-state index contributed by atoms with van der Waals surface area (Å²) in [7, 11) is 2.00. The number of rotatable bonds is 11. The first-order chi connectivity index (χ1) is 9.76. The Morgan fingerprint density at radius 2 is 1.85 bits per heavy atom. The Morgan fingerprint density at radius 1 is 1.10 bits per heavy atom. The minimum absolute atomic E-state index is 0.561. The SMILES string of the molecule is CCCCOCCOc1ccc(CCC(C)NC)cc1. The molecular formula is C17H29NO2. The third-order valence-electron chi connectivity index (χ3n) is 3.42. The Hall–Kier alpha value is -1.06. The van der Waals surface area contributed by atoms with Crippen molar-refractivity contribution in [3.8, 4) is 5.75 Å². The highest BCUT2D eigenvalue weighted by Gasteiger charge is 2.00. The third-order valence-corrected chi connectivity index (χ3v) is 3.42. The van der Waals surface area contributed by atoms with Crippen LogP contribution >= 0.6 is 0 Å². The van der Waals surface area contributed by atoms with Crippen molar-refractivity contribution in [2.24, 2.45) is 0 Å². The topological polar surface area (TPSA) is 30.5 Å². The molecule has 114 valence electrons. The summed E-state index contributed by atoms with van der Waals surface area (Å²) in [4.78, 5) is 0. The smallest absolute Gasteiger partial charge is 0.119 e. The van der Waals surface area contributed by atoms with E-state index in [0.717, 1.165) is 31.6 Å². The van der Waals surface area contributed by atoms with Crippen LogP contribution in [-0.2, 0) is 11.2 Å². The van der Waals surface area contributed by atoms with Crippen molar-refractivity contribution in [1.29, 1.82) is 0 Å². The summed E-state index contributed by atoms with van der Waals surface area (Å²) in [5, 5.41) is 3.26. The zero-order valence-electron chi connectivity index (χ0n) is 13.2. The van der Waals surface area contributed by atoms with Crippen LogP contribution < -0.4 is 10.1 Å². The lowest BCUT2D eigenvalue weighted by Gasteiger charge is -2.10. The van der Waals surface area contributed by atoms with Crippen molar-refractivity contribution >= 4 is 0 Å². The van der Waals surface area contributed by atoms with E-state index in [-0.39, 0.29) is 0 Å². The van der Waals surface area contributed by atoms with Gasteiger partial charge in [-0.25, -0.2) is 0 Å². The van der Waals surface area contributed by atoms with Crippen molar-refractivity contribution in [2.75, 3.05) is 26.9 Å². The van der Waals surface area contributed by atoms with Gasteiger partial charge in [0.25, 0.3) is 0 Å². The van der Waals surface area contributed by atoms with Gasteiger partial charge >= 0.3 is 0 Å². The molecule has 0 saturated heterocycles. The lowest BCUT2D eigenvalue weighted by atomic mass is 10.1. The second kappa shape index (κ2) is 10.7. The van der Waals surface area contributed by atoms with Crippen LogP contribution in [0, 0.1) is 0 Å². The maximum atomic E-state index is 5.65. The molecule has 0 fully saturated rings. The maximum absolute atomic E-state index is 5.65. The lowest BCUT2D eigenvalue weighted by Crippen LogP contribution is -2.21. The molecule has 0 amide bonds. The fourth-order valence-corrected chi connectivity index (χ4v) is 1.85. The zero-order chi connectivity index (χ0) is 14.6. The molecule has 0 heterocycles.